The summed E-state index contributed by atoms with van der Waals surface area (Å²) >= 11 is 8.63. The quantitative estimate of drug-likeness (QED) is 0.735. The van der Waals surface area contributed by atoms with Crippen LogP contribution in [-0.4, -0.2) is 23.6 Å². The van der Waals surface area contributed by atoms with Gasteiger partial charge in [0.05, 0.1) is 25.4 Å². The summed E-state index contributed by atoms with van der Waals surface area (Å²) in [6.07, 6.45) is 1.04. The second-order valence-corrected chi connectivity index (χ2v) is 7.38. The molecule has 0 bridgehead atoms. The van der Waals surface area contributed by atoms with Gasteiger partial charge in [-0.25, -0.2) is 9.97 Å². The summed E-state index contributed by atoms with van der Waals surface area (Å²) in [6, 6.07) is 4.01. The molecule has 0 atom stereocenters. The molecule has 0 aromatic carbocycles. The van der Waals surface area contributed by atoms with Crippen molar-refractivity contribution >= 4 is 49.0 Å². The number of aromatic nitrogens is 2. The van der Waals surface area contributed by atoms with Crippen molar-refractivity contribution in [1.82, 2.24) is 9.97 Å². The highest BCUT2D eigenvalue weighted by Gasteiger charge is 2.14. The van der Waals surface area contributed by atoms with Gasteiger partial charge in [-0.3, -0.25) is 0 Å². The maximum absolute atomic E-state index is 5.21. The first-order chi connectivity index (χ1) is 9.65. The fourth-order valence-corrected chi connectivity index (χ4v) is 3.38. The molecule has 2 rings (SSSR count). The summed E-state index contributed by atoms with van der Waals surface area (Å²) in [6.45, 7) is 3.44. The van der Waals surface area contributed by atoms with Gasteiger partial charge in [0.25, 0.3) is 0 Å². The van der Waals surface area contributed by atoms with Crippen LogP contribution in [0.15, 0.2) is 20.4 Å². The maximum atomic E-state index is 5.21. The molecule has 0 aliphatic rings. The van der Waals surface area contributed by atoms with Crippen LogP contribution in [0.4, 0.5) is 5.82 Å². The maximum Gasteiger partial charge on any atom is 0.172 e. The van der Waals surface area contributed by atoms with E-state index >= 15 is 0 Å². The zero-order chi connectivity index (χ0) is 14.5. The topological polar surface area (TPSA) is 47.0 Å². The molecule has 2 aromatic rings. The predicted octanol–water partition coefficient (Wildman–Crippen LogP) is 4.70. The molecule has 1 N–H and O–H groups in total. The molecule has 0 amide bonds. The fraction of sp³-hybridized carbons (Fsp3) is 0.385. The molecule has 2 aromatic heterocycles. The first-order valence-electron chi connectivity index (χ1n) is 6.20. The minimum absolute atomic E-state index is 0.448. The second-order valence-electron chi connectivity index (χ2n) is 4.12. The van der Waals surface area contributed by atoms with Crippen LogP contribution in [0.25, 0.3) is 10.7 Å². The summed E-state index contributed by atoms with van der Waals surface area (Å²) in [5.74, 6) is 1.53. The molecule has 0 radical (unpaired) electrons. The minimum atomic E-state index is 0.448. The molecular weight excluding hydrogens is 406 g/mol. The van der Waals surface area contributed by atoms with Crippen molar-refractivity contribution in [3.05, 3.63) is 26.1 Å². The number of hydrogen-bond acceptors (Lipinski definition) is 5. The highest BCUT2D eigenvalue weighted by atomic mass is 79.9. The van der Waals surface area contributed by atoms with Crippen molar-refractivity contribution in [2.45, 2.75) is 20.0 Å². The third-order valence-electron chi connectivity index (χ3n) is 2.54. The Hall–Kier alpha value is -0.500. The number of ether oxygens (including phenoxy) is 1. The molecule has 0 saturated heterocycles. The van der Waals surface area contributed by atoms with E-state index in [4.69, 9.17) is 4.74 Å². The number of nitrogens with one attached hydrogen (secondary N) is 1. The van der Waals surface area contributed by atoms with Gasteiger partial charge in [0, 0.05) is 13.7 Å². The molecule has 7 heteroatoms. The van der Waals surface area contributed by atoms with Gasteiger partial charge in [-0.15, -0.1) is 11.3 Å². The van der Waals surface area contributed by atoms with Crippen LogP contribution in [-0.2, 0) is 11.3 Å². The number of methoxy groups -OCH3 is 1. The first-order valence-corrected chi connectivity index (χ1v) is 8.60. The van der Waals surface area contributed by atoms with Crippen molar-refractivity contribution in [2.75, 3.05) is 19.0 Å². The van der Waals surface area contributed by atoms with Gasteiger partial charge < -0.3 is 10.1 Å². The van der Waals surface area contributed by atoms with Crippen LogP contribution in [0.5, 0.6) is 0 Å². The number of nitrogens with zero attached hydrogens (tertiary/aromatic N) is 2. The Labute approximate surface area is 139 Å². The van der Waals surface area contributed by atoms with E-state index < -0.39 is 0 Å². The normalized spacial score (nSPS) is 10.8. The Morgan fingerprint density at radius 2 is 2.10 bits per heavy atom. The Morgan fingerprint density at radius 3 is 2.70 bits per heavy atom. The second kappa shape index (κ2) is 7.49. The van der Waals surface area contributed by atoms with Gasteiger partial charge in [0.1, 0.15) is 5.82 Å². The molecule has 0 saturated carbocycles. The molecule has 2 heterocycles. The van der Waals surface area contributed by atoms with E-state index in [2.05, 4.69) is 54.1 Å². The Kier molecular flexibility index (Phi) is 5.95. The van der Waals surface area contributed by atoms with Gasteiger partial charge in [-0.2, -0.15) is 0 Å². The standard InChI is InChI=1S/C13H15Br2N3OS/c1-3-6-16-13-11(15)8(7-19-2)17-12(18-13)9-4-5-10(14)20-9/h4-5H,3,6-7H2,1-2H3,(H,16,17,18). The number of rotatable bonds is 6. The van der Waals surface area contributed by atoms with Crippen molar-refractivity contribution < 1.29 is 4.74 Å². The van der Waals surface area contributed by atoms with Crippen molar-refractivity contribution in [3.63, 3.8) is 0 Å². The lowest BCUT2D eigenvalue weighted by molar-refractivity contribution is 0.181. The summed E-state index contributed by atoms with van der Waals surface area (Å²) in [7, 11) is 1.66. The summed E-state index contributed by atoms with van der Waals surface area (Å²) < 4.78 is 7.14. The number of thiophene rings is 1. The molecule has 0 fully saturated rings. The smallest absolute Gasteiger partial charge is 0.172 e. The molecule has 0 unspecified atom stereocenters. The lowest BCUT2D eigenvalue weighted by atomic mass is 10.3. The van der Waals surface area contributed by atoms with Gasteiger partial charge in [0.2, 0.25) is 0 Å². The van der Waals surface area contributed by atoms with Crippen LogP contribution in [0, 0.1) is 0 Å². The lowest BCUT2D eigenvalue weighted by Gasteiger charge is -2.11. The van der Waals surface area contributed by atoms with E-state index in [1.165, 1.54) is 0 Å². The Morgan fingerprint density at radius 1 is 1.30 bits per heavy atom. The monoisotopic (exact) mass is 419 g/mol. The lowest BCUT2D eigenvalue weighted by Crippen LogP contribution is -2.07. The van der Waals surface area contributed by atoms with E-state index in [0.29, 0.717) is 6.61 Å². The zero-order valence-electron chi connectivity index (χ0n) is 11.2. The van der Waals surface area contributed by atoms with E-state index in [1.54, 1.807) is 18.4 Å². The molecular formula is C13H15Br2N3OS. The van der Waals surface area contributed by atoms with E-state index in [0.717, 1.165) is 43.4 Å². The van der Waals surface area contributed by atoms with E-state index in [-0.39, 0.29) is 0 Å². The molecule has 20 heavy (non-hydrogen) atoms. The third kappa shape index (κ3) is 3.78. The van der Waals surface area contributed by atoms with Crippen LogP contribution < -0.4 is 5.32 Å². The number of halogens is 2. The van der Waals surface area contributed by atoms with Crippen molar-refractivity contribution in [3.8, 4) is 10.7 Å². The summed E-state index contributed by atoms with van der Waals surface area (Å²) in [4.78, 5) is 10.2. The van der Waals surface area contributed by atoms with Crippen molar-refractivity contribution in [2.24, 2.45) is 0 Å². The van der Waals surface area contributed by atoms with Gasteiger partial charge in [-0.1, -0.05) is 6.92 Å². The molecule has 4 nitrogen and oxygen atoms in total. The van der Waals surface area contributed by atoms with Crippen LogP contribution >= 0.6 is 43.2 Å². The van der Waals surface area contributed by atoms with Gasteiger partial charge >= 0.3 is 0 Å². The average molecular weight is 421 g/mol. The Balaban J connectivity index is 2.43. The largest absolute Gasteiger partial charge is 0.378 e. The van der Waals surface area contributed by atoms with Gasteiger partial charge in [-0.05, 0) is 50.4 Å². The van der Waals surface area contributed by atoms with Crippen LogP contribution in [0.1, 0.15) is 19.0 Å². The molecule has 108 valence electrons. The molecule has 0 spiro atoms. The molecule has 0 aliphatic heterocycles. The van der Waals surface area contributed by atoms with E-state index in [1.807, 2.05) is 12.1 Å². The summed E-state index contributed by atoms with van der Waals surface area (Å²) in [5, 5.41) is 3.32. The third-order valence-corrected chi connectivity index (χ3v) is 4.99. The van der Waals surface area contributed by atoms with Crippen LogP contribution in [0.2, 0.25) is 0 Å². The van der Waals surface area contributed by atoms with E-state index in [9.17, 15) is 0 Å². The Bertz CT molecular complexity index is 589. The summed E-state index contributed by atoms with van der Waals surface area (Å²) in [5.41, 5.74) is 0.848. The first kappa shape index (κ1) is 15.9. The van der Waals surface area contributed by atoms with Crippen LogP contribution in [0.3, 0.4) is 0 Å². The van der Waals surface area contributed by atoms with Crippen molar-refractivity contribution in [1.29, 1.82) is 0 Å². The SMILES string of the molecule is CCCNc1nc(-c2ccc(Br)s2)nc(COC)c1Br. The van der Waals surface area contributed by atoms with Gasteiger partial charge in [0.15, 0.2) is 5.82 Å². The highest BCUT2D eigenvalue weighted by Crippen LogP contribution is 2.32. The molecule has 0 aliphatic carbocycles. The average Bonchev–Trinajstić information content (AvgIpc) is 2.86. The number of hydrogen-bond donors (Lipinski definition) is 1. The number of anilines is 1. The fourth-order valence-electron chi connectivity index (χ4n) is 1.63. The highest BCUT2D eigenvalue weighted by molar-refractivity contribution is 9.11. The minimum Gasteiger partial charge on any atom is -0.378 e. The predicted molar refractivity (Wildman–Crippen MR) is 90.2 cm³/mol. The zero-order valence-corrected chi connectivity index (χ0v) is 15.2.